The van der Waals surface area contributed by atoms with Crippen molar-refractivity contribution in [2.24, 2.45) is 0 Å². The number of hydrogen-bond donors (Lipinski definition) is 2. The molecular weight excluding hydrogens is 442 g/mol. The summed E-state index contributed by atoms with van der Waals surface area (Å²) in [4.78, 5) is 2.69. The number of nitrogens with zero attached hydrogens (tertiary/aromatic N) is 1. The molecule has 2 aliphatic rings. The second kappa shape index (κ2) is 13.4. The van der Waals surface area contributed by atoms with Crippen LogP contribution in [-0.2, 0) is 0 Å². The summed E-state index contributed by atoms with van der Waals surface area (Å²) in [6, 6.07) is 20.5. The molecule has 3 heteroatoms. The topological polar surface area (TPSA) is 43.7 Å². The summed E-state index contributed by atoms with van der Waals surface area (Å²) < 4.78 is 0. The van der Waals surface area contributed by atoms with Crippen LogP contribution in [-0.4, -0.2) is 40.9 Å². The molecule has 2 aromatic carbocycles. The summed E-state index contributed by atoms with van der Waals surface area (Å²) >= 11 is 0. The van der Waals surface area contributed by atoms with Gasteiger partial charge < -0.3 is 15.1 Å². The van der Waals surface area contributed by atoms with E-state index >= 15 is 0 Å². The lowest BCUT2D eigenvalue weighted by Crippen LogP contribution is -2.34. The quantitative estimate of drug-likeness (QED) is 0.141. The monoisotopic (exact) mass is 483 g/mol. The normalized spacial score (nSPS) is 18.4. The molecule has 2 aromatic rings. The van der Waals surface area contributed by atoms with Crippen molar-refractivity contribution in [1.82, 2.24) is 4.90 Å². The van der Waals surface area contributed by atoms with Crippen LogP contribution in [0.4, 0.5) is 0 Å². The van der Waals surface area contributed by atoms with Crippen LogP contribution in [0.25, 0.3) is 11.1 Å². The van der Waals surface area contributed by atoms with E-state index in [0.717, 1.165) is 18.9 Å². The van der Waals surface area contributed by atoms with Crippen molar-refractivity contribution in [3.8, 4) is 0 Å². The van der Waals surface area contributed by atoms with Crippen LogP contribution in [0, 0.1) is 0 Å². The minimum Gasteiger partial charge on any atom is -0.508 e. The molecular formula is C33H41NO2. The molecule has 190 valence electrons. The van der Waals surface area contributed by atoms with Crippen molar-refractivity contribution in [2.45, 2.75) is 63.3 Å². The fraction of sp³-hybridized carbons (Fsp3) is 0.394. The number of rotatable bonds is 12. The average Bonchev–Trinajstić information content (AvgIpc) is 3.77. The Kier molecular flexibility index (Phi) is 9.77. The fourth-order valence-corrected chi connectivity index (χ4v) is 5.37. The molecule has 3 nitrogen and oxygen atoms in total. The highest BCUT2D eigenvalue weighted by Gasteiger charge is 2.32. The van der Waals surface area contributed by atoms with Crippen LogP contribution >= 0.6 is 0 Å². The lowest BCUT2D eigenvalue weighted by molar-refractivity contribution is 0.203. The number of aliphatic hydroxyl groups excluding tert-OH is 2. The first kappa shape index (κ1) is 26.2. The van der Waals surface area contributed by atoms with E-state index in [0.29, 0.717) is 18.8 Å². The molecule has 0 atom stereocenters. The van der Waals surface area contributed by atoms with Crippen LogP contribution in [0.5, 0.6) is 0 Å². The third-order valence-corrected chi connectivity index (χ3v) is 7.47. The van der Waals surface area contributed by atoms with Gasteiger partial charge in [-0.25, -0.2) is 0 Å². The molecule has 0 spiro atoms. The van der Waals surface area contributed by atoms with Crippen LogP contribution in [0.2, 0.25) is 0 Å². The molecule has 1 heterocycles. The van der Waals surface area contributed by atoms with Crippen LogP contribution in [0.15, 0.2) is 91.2 Å². The summed E-state index contributed by atoms with van der Waals surface area (Å²) in [7, 11) is 0. The summed E-state index contributed by atoms with van der Waals surface area (Å²) in [6.45, 7) is 6.32. The molecule has 1 aliphatic carbocycles. The molecule has 1 saturated carbocycles. The Morgan fingerprint density at radius 1 is 0.944 bits per heavy atom. The van der Waals surface area contributed by atoms with Gasteiger partial charge in [0.1, 0.15) is 5.76 Å². The summed E-state index contributed by atoms with van der Waals surface area (Å²) in [5.74, 6) is 0.877. The molecule has 0 unspecified atom stereocenters. The van der Waals surface area contributed by atoms with Crippen molar-refractivity contribution in [1.29, 1.82) is 0 Å². The van der Waals surface area contributed by atoms with Crippen molar-refractivity contribution in [3.05, 3.63) is 108 Å². The van der Waals surface area contributed by atoms with Gasteiger partial charge in [0.05, 0.1) is 0 Å². The highest BCUT2D eigenvalue weighted by atomic mass is 16.3. The molecule has 0 aromatic heterocycles. The molecule has 2 fully saturated rings. The standard InChI is InChI=1S/C33H41NO2/c1-2-3-14-31(36)15-8-16-33(32(17-9-24-35)27-10-5-4-6-11-27)29-13-7-12-28(25-29)26-20-22-34(23-21-26)30-18-19-30/h2,4-8,10-15,25-26,30,35-36H,1,3,9,16-24H2/b15-8-,31-14+,33-32-. The van der Waals surface area contributed by atoms with Crippen molar-refractivity contribution >= 4 is 11.1 Å². The third kappa shape index (κ3) is 7.32. The van der Waals surface area contributed by atoms with Gasteiger partial charge in [0, 0.05) is 12.6 Å². The average molecular weight is 484 g/mol. The molecule has 0 amide bonds. The number of allylic oxidation sites excluding steroid dienone is 6. The van der Waals surface area contributed by atoms with E-state index in [-0.39, 0.29) is 12.4 Å². The molecule has 0 radical (unpaired) electrons. The Bertz CT molecular complexity index is 1070. The maximum atomic E-state index is 10.2. The first-order chi connectivity index (χ1) is 17.7. The van der Waals surface area contributed by atoms with Gasteiger partial charge >= 0.3 is 0 Å². The first-order valence-corrected chi connectivity index (χ1v) is 13.6. The van der Waals surface area contributed by atoms with Crippen molar-refractivity contribution in [3.63, 3.8) is 0 Å². The van der Waals surface area contributed by atoms with Gasteiger partial charge in [-0.05, 0) is 110 Å². The van der Waals surface area contributed by atoms with Gasteiger partial charge in [-0.1, -0.05) is 66.7 Å². The smallest absolute Gasteiger partial charge is 0.111 e. The van der Waals surface area contributed by atoms with E-state index in [4.69, 9.17) is 0 Å². The number of aliphatic hydroxyl groups is 2. The van der Waals surface area contributed by atoms with E-state index < -0.39 is 0 Å². The molecule has 36 heavy (non-hydrogen) atoms. The first-order valence-electron chi connectivity index (χ1n) is 13.6. The second-order valence-corrected chi connectivity index (χ2v) is 10.1. The van der Waals surface area contributed by atoms with Crippen LogP contribution in [0.3, 0.4) is 0 Å². The van der Waals surface area contributed by atoms with E-state index in [2.05, 4.69) is 60.0 Å². The maximum Gasteiger partial charge on any atom is 0.111 e. The van der Waals surface area contributed by atoms with Crippen LogP contribution < -0.4 is 0 Å². The largest absolute Gasteiger partial charge is 0.508 e. The minimum absolute atomic E-state index is 0.171. The molecule has 2 N–H and O–H groups in total. The highest BCUT2D eigenvalue weighted by Crippen LogP contribution is 2.37. The van der Waals surface area contributed by atoms with E-state index in [1.807, 2.05) is 12.1 Å². The predicted molar refractivity (Wildman–Crippen MR) is 152 cm³/mol. The predicted octanol–water partition coefficient (Wildman–Crippen LogP) is 7.68. The van der Waals surface area contributed by atoms with Crippen molar-refractivity contribution < 1.29 is 10.2 Å². The zero-order valence-corrected chi connectivity index (χ0v) is 21.5. The number of likely N-dealkylation sites (tertiary alicyclic amines) is 1. The summed E-state index contributed by atoms with van der Waals surface area (Å²) in [6.07, 6.45) is 15.5. The molecule has 4 rings (SSSR count). The lowest BCUT2D eigenvalue weighted by Gasteiger charge is -2.32. The Morgan fingerprint density at radius 2 is 1.69 bits per heavy atom. The number of piperidine rings is 1. The van der Waals surface area contributed by atoms with E-state index in [1.165, 1.54) is 66.6 Å². The van der Waals surface area contributed by atoms with E-state index in [9.17, 15) is 10.2 Å². The Hall–Kier alpha value is -2.88. The van der Waals surface area contributed by atoms with Gasteiger partial charge in [-0.15, -0.1) is 6.58 Å². The van der Waals surface area contributed by atoms with Gasteiger partial charge in [0.25, 0.3) is 0 Å². The minimum atomic E-state index is 0.171. The van der Waals surface area contributed by atoms with Gasteiger partial charge in [-0.2, -0.15) is 0 Å². The Balaban J connectivity index is 1.65. The Morgan fingerprint density at radius 3 is 2.39 bits per heavy atom. The van der Waals surface area contributed by atoms with Crippen LogP contribution in [0.1, 0.15) is 74.0 Å². The zero-order chi connectivity index (χ0) is 25.2. The highest BCUT2D eigenvalue weighted by molar-refractivity contribution is 5.91. The summed E-state index contributed by atoms with van der Waals surface area (Å²) in [5.41, 5.74) is 6.41. The molecule has 1 aliphatic heterocycles. The lowest BCUT2D eigenvalue weighted by atomic mass is 9.85. The van der Waals surface area contributed by atoms with Gasteiger partial charge in [0.15, 0.2) is 0 Å². The number of hydrogen-bond acceptors (Lipinski definition) is 3. The van der Waals surface area contributed by atoms with Gasteiger partial charge in [0.2, 0.25) is 0 Å². The van der Waals surface area contributed by atoms with Gasteiger partial charge in [-0.3, -0.25) is 0 Å². The second-order valence-electron chi connectivity index (χ2n) is 10.1. The zero-order valence-electron chi connectivity index (χ0n) is 21.5. The Labute approximate surface area is 217 Å². The van der Waals surface area contributed by atoms with Crippen molar-refractivity contribution in [2.75, 3.05) is 19.7 Å². The third-order valence-electron chi connectivity index (χ3n) is 7.47. The number of benzene rings is 2. The summed E-state index contributed by atoms with van der Waals surface area (Å²) in [5, 5.41) is 19.8. The maximum absolute atomic E-state index is 10.2. The van der Waals surface area contributed by atoms with E-state index in [1.54, 1.807) is 18.2 Å². The molecule has 1 saturated heterocycles. The fourth-order valence-electron chi connectivity index (χ4n) is 5.37. The molecule has 0 bridgehead atoms. The SMILES string of the molecule is C=CC/C=C(O)\C=C/C/C(=C(\CCCO)c1ccccc1)c1cccc(C2CCN(C3CC3)CC2)c1.